The summed E-state index contributed by atoms with van der Waals surface area (Å²) in [7, 11) is 0.0568. The van der Waals surface area contributed by atoms with Gasteiger partial charge in [-0.05, 0) is 35.2 Å². The van der Waals surface area contributed by atoms with Gasteiger partial charge in [0.15, 0.2) is 5.75 Å². The lowest BCUT2D eigenvalue weighted by molar-refractivity contribution is 0.102. The molecule has 1 atom stereocenters. The standard InChI is InChI=1S/C22H21OS2/c1-25(16-18-8-4-2-5-9-18)17-22(23)19-12-14-21(15-13-19)24-20-10-6-3-7-11-20/h2-15H,16-17H2,1H3/q+1. The average Bonchev–Trinajstić information content (AvgIpc) is 2.64. The summed E-state index contributed by atoms with van der Waals surface area (Å²) >= 11 is 1.71. The summed E-state index contributed by atoms with van der Waals surface area (Å²) in [6, 6.07) is 28.6. The van der Waals surface area contributed by atoms with Crippen LogP contribution in [0.3, 0.4) is 0 Å². The molecule has 3 aromatic rings. The summed E-state index contributed by atoms with van der Waals surface area (Å²) in [4.78, 5) is 14.9. The highest BCUT2D eigenvalue weighted by molar-refractivity contribution is 7.99. The van der Waals surface area contributed by atoms with Gasteiger partial charge in [0.1, 0.15) is 5.75 Å². The number of hydrogen-bond donors (Lipinski definition) is 0. The molecule has 3 rings (SSSR count). The van der Waals surface area contributed by atoms with Gasteiger partial charge in [-0.15, -0.1) is 0 Å². The van der Waals surface area contributed by atoms with Crippen molar-refractivity contribution in [2.75, 3.05) is 12.0 Å². The average molecular weight is 366 g/mol. The molecule has 0 aliphatic heterocycles. The maximum absolute atomic E-state index is 12.5. The number of Topliss-reactive ketones (excluding diaryl/α,β-unsaturated/α-hetero) is 1. The molecule has 25 heavy (non-hydrogen) atoms. The number of hydrogen-bond acceptors (Lipinski definition) is 2. The van der Waals surface area contributed by atoms with Crippen LogP contribution in [0.25, 0.3) is 0 Å². The number of rotatable bonds is 7. The summed E-state index contributed by atoms with van der Waals surface area (Å²) in [6.07, 6.45) is 2.17. The molecule has 3 heteroatoms. The first kappa shape index (κ1) is 17.8. The van der Waals surface area contributed by atoms with E-state index in [0.29, 0.717) is 5.75 Å². The number of ketones is 1. The lowest BCUT2D eigenvalue weighted by Gasteiger charge is -2.05. The molecule has 0 aromatic heterocycles. The maximum atomic E-state index is 12.5. The topological polar surface area (TPSA) is 17.1 Å². The molecule has 0 radical (unpaired) electrons. The third-order valence-corrected chi connectivity index (χ3v) is 6.39. The Morgan fingerprint density at radius 3 is 2.00 bits per heavy atom. The van der Waals surface area contributed by atoms with Crippen molar-refractivity contribution in [1.29, 1.82) is 0 Å². The van der Waals surface area contributed by atoms with Crippen molar-refractivity contribution in [3.63, 3.8) is 0 Å². The van der Waals surface area contributed by atoms with Crippen LogP contribution >= 0.6 is 11.8 Å². The molecule has 0 amide bonds. The van der Waals surface area contributed by atoms with Gasteiger partial charge in [-0.25, -0.2) is 0 Å². The molecule has 1 unspecified atom stereocenters. The van der Waals surface area contributed by atoms with Gasteiger partial charge in [0, 0.05) is 20.9 Å². The molecule has 3 aromatic carbocycles. The van der Waals surface area contributed by atoms with Crippen LogP contribution in [0.4, 0.5) is 0 Å². The van der Waals surface area contributed by atoms with E-state index in [-0.39, 0.29) is 16.7 Å². The molecule has 0 N–H and O–H groups in total. The van der Waals surface area contributed by atoms with Gasteiger partial charge in [-0.2, -0.15) is 0 Å². The van der Waals surface area contributed by atoms with Crippen LogP contribution in [0.1, 0.15) is 15.9 Å². The Hall–Kier alpha value is -1.97. The van der Waals surface area contributed by atoms with Gasteiger partial charge in [-0.3, -0.25) is 4.79 Å². The monoisotopic (exact) mass is 365 g/mol. The molecular formula is C22H21OS2+. The zero-order chi connectivity index (χ0) is 17.5. The number of benzene rings is 3. The quantitative estimate of drug-likeness (QED) is 0.408. The van der Waals surface area contributed by atoms with Crippen LogP contribution in [-0.4, -0.2) is 17.8 Å². The maximum Gasteiger partial charge on any atom is 0.211 e. The molecule has 0 aliphatic carbocycles. The van der Waals surface area contributed by atoms with Crippen LogP contribution < -0.4 is 0 Å². The molecule has 0 bridgehead atoms. The number of carbonyl (C=O) groups is 1. The van der Waals surface area contributed by atoms with Crippen molar-refractivity contribution in [1.82, 2.24) is 0 Å². The lowest BCUT2D eigenvalue weighted by Crippen LogP contribution is -2.17. The molecule has 1 nitrogen and oxygen atoms in total. The first-order chi connectivity index (χ1) is 12.2. The van der Waals surface area contributed by atoms with Gasteiger partial charge >= 0.3 is 0 Å². The Kier molecular flexibility index (Phi) is 6.37. The lowest BCUT2D eigenvalue weighted by atomic mass is 10.1. The second-order valence-corrected chi connectivity index (χ2v) is 9.21. The second-order valence-electron chi connectivity index (χ2n) is 5.92. The van der Waals surface area contributed by atoms with E-state index in [1.165, 1.54) is 10.5 Å². The fourth-order valence-corrected chi connectivity index (χ4v) is 4.87. The molecule has 0 spiro atoms. The molecular weight excluding hydrogens is 344 g/mol. The summed E-state index contributed by atoms with van der Waals surface area (Å²) in [5.74, 6) is 1.81. The van der Waals surface area contributed by atoms with E-state index in [2.05, 4.69) is 42.7 Å². The zero-order valence-electron chi connectivity index (χ0n) is 14.2. The van der Waals surface area contributed by atoms with Gasteiger partial charge in [0.25, 0.3) is 0 Å². The summed E-state index contributed by atoms with van der Waals surface area (Å²) in [5, 5.41) is 0. The molecule has 0 aliphatic rings. The van der Waals surface area contributed by atoms with Gasteiger partial charge < -0.3 is 0 Å². The Morgan fingerprint density at radius 1 is 0.800 bits per heavy atom. The van der Waals surface area contributed by atoms with E-state index >= 15 is 0 Å². The van der Waals surface area contributed by atoms with Crippen molar-refractivity contribution < 1.29 is 4.79 Å². The molecule has 0 saturated carbocycles. The fourth-order valence-electron chi connectivity index (χ4n) is 2.55. The van der Waals surface area contributed by atoms with E-state index in [4.69, 9.17) is 0 Å². The van der Waals surface area contributed by atoms with Crippen molar-refractivity contribution in [2.24, 2.45) is 0 Å². The van der Waals surface area contributed by atoms with E-state index < -0.39 is 0 Å². The Morgan fingerprint density at radius 2 is 1.36 bits per heavy atom. The molecule has 0 saturated heterocycles. The predicted molar refractivity (Wildman–Crippen MR) is 110 cm³/mol. The fraction of sp³-hybridized carbons (Fsp3) is 0.136. The van der Waals surface area contributed by atoms with Crippen LogP contribution in [0, 0.1) is 0 Å². The summed E-state index contributed by atoms with van der Waals surface area (Å²) in [5.41, 5.74) is 2.11. The first-order valence-corrected chi connectivity index (χ1v) is 11.0. The Balaban J connectivity index is 1.57. The minimum absolute atomic E-state index is 0.0568. The highest BCUT2D eigenvalue weighted by Crippen LogP contribution is 2.27. The minimum Gasteiger partial charge on any atom is -0.289 e. The SMILES string of the molecule is C[S+](CC(=O)c1ccc(Sc2ccccc2)cc1)Cc1ccccc1. The van der Waals surface area contributed by atoms with Crippen molar-refractivity contribution >= 4 is 28.4 Å². The molecule has 0 fully saturated rings. The largest absolute Gasteiger partial charge is 0.289 e. The minimum atomic E-state index is 0.0568. The van der Waals surface area contributed by atoms with Crippen molar-refractivity contribution in [3.8, 4) is 0 Å². The van der Waals surface area contributed by atoms with E-state index in [0.717, 1.165) is 16.2 Å². The normalized spacial score (nSPS) is 11.9. The molecule has 126 valence electrons. The smallest absolute Gasteiger partial charge is 0.211 e. The van der Waals surface area contributed by atoms with E-state index in [1.54, 1.807) is 11.8 Å². The second kappa shape index (κ2) is 8.93. The van der Waals surface area contributed by atoms with Gasteiger partial charge in [0.2, 0.25) is 5.78 Å². The zero-order valence-corrected chi connectivity index (χ0v) is 15.9. The van der Waals surface area contributed by atoms with E-state index in [1.807, 2.05) is 48.5 Å². The van der Waals surface area contributed by atoms with Crippen LogP contribution in [-0.2, 0) is 16.6 Å². The summed E-state index contributed by atoms with van der Waals surface area (Å²) in [6.45, 7) is 0. The first-order valence-electron chi connectivity index (χ1n) is 8.20. The predicted octanol–water partition coefficient (Wildman–Crippen LogP) is 5.47. The third-order valence-electron chi connectivity index (χ3n) is 3.79. The van der Waals surface area contributed by atoms with Gasteiger partial charge in [-0.1, -0.05) is 72.4 Å². The van der Waals surface area contributed by atoms with Crippen LogP contribution in [0.5, 0.6) is 0 Å². The highest BCUT2D eigenvalue weighted by Gasteiger charge is 2.19. The van der Waals surface area contributed by atoms with Gasteiger partial charge in [0.05, 0.1) is 6.26 Å². The van der Waals surface area contributed by atoms with Crippen molar-refractivity contribution in [3.05, 3.63) is 96.1 Å². The van der Waals surface area contributed by atoms with Crippen molar-refractivity contribution in [2.45, 2.75) is 15.5 Å². The Labute approximate surface area is 156 Å². The summed E-state index contributed by atoms with van der Waals surface area (Å²) < 4.78 is 0. The Bertz CT molecular complexity index is 798. The van der Waals surface area contributed by atoms with Crippen LogP contribution in [0.15, 0.2) is 94.7 Å². The molecule has 0 heterocycles. The third kappa shape index (κ3) is 5.52. The number of carbonyl (C=O) groups excluding carboxylic acids is 1. The highest BCUT2D eigenvalue weighted by atomic mass is 32.2. The van der Waals surface area contributed by atoms with E-state index in [9.17, 15) is 4.79 Å². The van der Waals surface area contributed by atoms with Crippen LogP contribution in [0.2, 0.25) is 0 Å².